The number of nitrogens with zero attached hydrogens (tertiary/aromatic N) is 3. The normalized spacial score (nSPS) is 13.8. The lowest BCUT2D eigenvalue weighted by Gasteiger charge is -2.21. The van der Waals surface area contributed by atoms with Gasteiger partial charge < -0.3 is 18.1 Å². The van der Waals surface area contributed by atoms with E-state index in [2.05, 4.69) is 51.2 Å². The molecule has 0 aliphatic rings. The molecule has 12 aromatic rings. The third-order valence-electron chi connectivity index (χ3n) is 14.9. The van der Waals surface area contributed by atoms with Crippen molar-refractivity contribution in [1.29, 1.82) is 0 Å². The molecule has 0 radical (unpaired) electrons. The van der Waals surface area contributed by atoms with Crippen LogP contribution in [-0.4, -0.2) is 41.4 Å². The molecule has 4 unspecified atom stereocenters. The largest absolute Gasteiger partial charge is 0.315 e. The zero-order valence-electron chi connectivity index (χ0n) is 53.2. The van der Waals surface area contributed by atoms with Gasteiger partial charge in [0.1, 0.15) is 17.5 Å². The molecule has 3 heterocycles. The van der Waals surface area contributed by atoms with Gasteiger partial charge in [-0.15, -0.1) is 0 Å². The second-order valence-corrected chi connectivity index (χ2v) is 30.7. The Morgan fingerprint density at radius 2 is 0.646 bits per heavy atom. The summed E-state index contributed by atoms with van der Waals surface area (Å²) in [5.74, 6) is -1.02. The van der Waals surface area contributed by atoms with Gasteiger partial charge in [0, 0.05) is 77.8 Å². The molecule has 496 valence electrons. The number of benzene rings is 9. The Labute approximate surface area is 565 Å². The van der Waals surface area contributed by atoms with E-state index in [-0.39, 0.29) is 30.7 Å². The first-order valence-corrected chi connectivity index (χ1v) is 38.3. The SMILES string of the molecule is CCOP(=O)(NCc1ccccc1)c1ccc(F)c2ccccc12.CCOP(=O)(NCc1ccccn1)c1ccc(F)c2ccccc12.CCOP(=O)(NCc1cccnc1)c1ccc(Br)c2ccccc12.CCOP(=O)(NCc1cccnc1)c1ccc(F)c2ccccc12. The van der Waals surface area contributed by atoms with Crippen molar-refractivity contribution in [2.24, 2.45) is 0 Å². The highest BCUT2D eigenvalue weighted by Crippen LogP contribution is 2.47. The van der Waals surface area contributed by atoms with Crippen LogP contribution in [0, 0.1) is 17.5 Å². The lowest BCUT2D eigenvalue weighted by Crippen LogP contribution is -2.22. The minimum Gasteiger partial charge on any atom is -0.315 e. The Morgan fingerprint density at radius 1 is 0.333 bits per heavy atom. The highest BCUT2D eigenvalue weighted by atomic mass is 79.9. The van der Waals surface area contributed by atoms with E-state index < -0.39 is 30.1 Å². The average molecular weight is 1440 g/mol. The topological polar surface area (TPSA) is 192 Å². The molecule has 0 amide bonds. The van der Waals surface area contributed by atoms with Crippen molar-refractivity contribution in [3.05, 3.63) is 294 Å². The standard InChI is InChI=1S/C19H19FNO2P.C18H18BrN2O2P.2C18H18FN2O2P/c1-2-23-24(22,21-14-15-8-4-3-5-9-15)19-13-12-18(20)16-10-6-7-11-17(16)19;1-2-23-24(22,21-13-14-6-5-11-20-12-14)18-10-9-17(19)15-7-3-4-8-16(15)18;1-2-23-24(22,21-13-14-7-5-6-12-20-14)18-11-10-17(19)15-8-3-4-9-16(15)18;1-2-23-24(22,21-13-14-6-5-11-20-12-14)18-10-9-17(19)15-7-3-4-8-16(15)18/h3-13H,2,14H2,1H3,(H,21,22);3*3-12H,2,13H2,1H3,(H,21,22). The zero-order chi connectivity index (χ0) is 68.0. The van der Waals surface area contributed by atoms with Crippen LogP contribution in [-0.2, 0) is 62.5 Å². The van der Waals surface area contributed by atoms with E-state index in [9.17, 15) is 31.4 Å². The molecular weight excluding hydrogens is 1360 g/mol. The van der Waals surface area contributed by atoms with Crippen molar-refractivity contribution in [3.63, 3.8) is 0 Å². The van der Waals surface area contributed by atoms with Crippen LogP contribution in [0.4, 0.5) is 13.2 Å². The van der Waals surface area contributed by atoms with E-state index >= 15 is 0 Å². The number of nitrogens with one attached hydrogen (secondary N) is 4. The maximum absolute atomic E-state index is 14.0. The molecule has 15 nitrogen and oxygen atoms in total. The molecule has 0 aliphatic carbocycles. The first kappa shape index (κ1) is 72.6. The van der Waals surface area contributed by atoms with Crippen molar-refractivity contribution in [2.75, 3.05) is 26.4 Å². The number of pyridine rings is 3. The summed E-state index contributed by atoms with van der Waals surface area (Å²) in [4.78, 5) is 12.3. The average Bonchev–Trinajstić information content (AvgIpc) is 0.804. The minimum absolute atomic E-state index is 0.276. The summed E-state index contributed by atoms with van der Waals surface area (Å²) in [6.45, 7) is 9.89. The minimum atomic E-state index is -3.36. The van der Waals surface area contributed by atoms with Crippen LogP contribution in [0.1, 0.15) is 50.1 Å². The van der Waals surface area contributed by atoms with Gasteiger partial charge in [-0.2, -0.15) is 0 Å². The summed E-state index contributed by atoms with van der Waals surface area (Å²) in [5, 5.41) is 19.3. The molecule has 4 N–H and O–H groups in total. The van der Waals surface area contributed by atoms with E-state index in [0.29, 0.717) is 92.9 Å². The summed E-state index contributed by atoms with van der Waals surface area (Å²) in [5.41, 5.74) is 3.61. The number of halogens is 4. The van der Waals surface area contributed by atoms with Gasteiger partial charge >= 0.3 is 30.1 Å². The molecule has 9 aromatic carbocycles. The monoisotopic (exact) mass is 1440 g/mol. The predicted molar refractivity (Wildman–Crippen MR) is 385 cm³/mol. The summed E-state index contributed by atoms with van der Waals surface area (Å²) < 4.78 is 119. The van der Waals surface area contributed by atoms with Gasteiger partial charge in [0.15, 0.2) is 0 Å². The van der Waals surface area contributed by atoms with E-state index in [1.807, 2.05) is 116 Å². The Balaban J connectivity index is 0.000000150. The van der Waals surface area contributed by atoms with Crippen molar-refractivity contribution in [2.45, 2.75) is 53.9 Å². The number of fused-ring (bicyclic) bond motifs is 4. The lowest BCUT2D eigenvalue weighted by molar-refractivity contribution is 0.331. The van der Waals surface area contributed by atoms with Crippen LogP contribution in [0.3, 0.4) is 0 Å². The Hall–Kier alpha value is -7.66. The molecule has 0 bridgehead atoms. The summed E-state index contributed by atoms with van der Waals surface area (Å²) in [6, 6.07) is 63.9. The Morgan fingerprint density at radius 3 is 1.00 bits per heavy atom. The number of hydrogen-bond acceptors (Lipinski definition) is 11. The molecule has 23 heteroatoms. The van der Waals surface area contributed by atoms with Gasteiger partial charge in [0.05, 0.1) is 53.3 Å². The summed E-state index contributed by atoms with van der Waals surface area (Å²) in [7, 11) is -13.2. The van der Waals surface area contributed by atoms with Gasteiger partial charge in [-0.1, -0.05) is 162 Å². The smallest absolute Gasteiger partial charge is 0.300 e. The molecular formula is C73H73BrF3N7O8P4. The molecule has 0 saturated carbocycles. The van der Waals surface area contributed by atoms with Crippen LogP contribution >= 0.6 is 46.0 Å². The van der Waals surface area contributed by atoms with Crippen molar-refractivity contribution >= 4 is 110 Å². The van der Waals surface area contributed by atoms with Crippen LogP contribution < -0.4 is 41.6 Å². The first-order valence-electron chi connectivity index (χ1n) is 31.0. The van der Waals surface area contributed by atoms with Crippen LogP contribution in [0.25, 0.3) is 43.1 Å². The van der Waals surface area contributed by atoms with Crippen molar-refractivity contribution in [3.8, 4) is 0 Å². The highest BCUT2D eigenvalue weighted by molar-refractivity contribution is 9.10. The van der Waals surface area contributed by atoms with Crippen molar-refractivity contribution in [1.82, 2.24) is 35.3 Å². The molecule has 0 aliphatic heterocycles. The lowest BCUT2D eigenvalue weighted by atomic mass is 10.1. The molecule has 0 saturated heterocycles. The first-order chi connectivity index (χ1) is 46.6. The number of rotatable bonds is 24. The number of hydrogen-bond donors (Lipinski definition) is 4. The third-order valence-corrected chi connectivity index (χ3v) is 24.4. The third kappa shape index (κ3) is 18.5. The van der Waals surface area contributed by atoms with Gasteiger partial charge in [-0.3, -0.25) is 33.2 Å². The van der Waals surface area contributed by atoms with Gasteiger partial charge in [-0.25, -0.2) is 33.5 Å². The van der Waals surface area contributed by atoms with E-state index in [0.717, 1.165) is 37.6 Å². The van der Waals surface area contributed by atoms with Crippen LogP contribution in [0.5, 0.6) is 0 Å². The number of aromatic nitrogens is 3. The molecule has 12 rings (SSSR count). The predicted octanol–water partition coefficient (Wildman–Crippen LogP) is 17.3. The molecule has 4 atom stereocenters. The molecule has 0 fully saturated rings. The molecule has 0 spiro atoms. The van der Waals surface area contributed by atoms with Crippen LogP contribution in [0.2, 0.25) is 0 Å². The second-order valence-electron chi connectivity index (χ2n) is 21.2. The van der Waals surface area contributed by atoms with Gasteiger partial charge in [0.2, 0.25) is 0 Å². The van der Waals surface area contributed by atoms with E-state index in [1.165, 1.54) is 30.3 Å². The Bertz CT molecular complexity index is 4140. The molecule has 96 heavy (non-hydrogen) atoms. The second kappa shape index (κ2) is 35.0. The fourth-order valence-corrected chi connectivity index (χ4v) is 18.6. The molecule has 3 aromatic heterocycles. The Kier molecular flexibility index (Phi) is 26.5. The fraction of sp³-hybridized carbons (Fsp3) is 0.164. The van der Waals surface area contributed by atoms with Gasteiger partial charge in [-0.05, 0) is 144 Å². The van der Waals surface area contributed by atoms with Crippen LogP contribution in [0.15, 0.2) is 254 Å². The summed E-state index contributed by atoms with van der Waals surface area (Å²) >= 11 is 3.55. The summed E-state index contributed by atoms with van der Waals surface area (Å²) in [6.07, 6.45) is 8.53. The van der Waals surface area contributed by atoms with Gasteiger partial charge in [0.25, 0.3) is 0 Å². The van der Waals surface area contributed by atoms with E-state index in [1.54, 1.807) is 131 Å². The maximum Gasteiger partial charge on any atom is 0.300 e. The fourth-order valence-electron chi connectivity index (χ4n) is 10.4. The zero-order valence-corrected chi connectivity index (χ0v) is 58.4. The van der Waals surface area contributed by atoms with Crippen molar-refractivity contribution < 1.29 is 49.5 Å². The van der Waals surface area contributed by atoms with E-state index in [4.69, 9.17) is 18.1 Å². The quantitative estimate of drug-likeness (QED) is 0.0417. The maximum atomic E-state index is 14.0. The highest BCUT2D eigenvalue weighted by Gasteiger charge is 2.32.